The predicted molar refractivity (Wildman–Crippen MR) is 113 cm³/mol. The fourth-order valence-electron chi connectivity index (χ4n) is 2.65. The summed E-state index contributed by atoms with van der Waals surface area (Å²) in [5.74, 6) is 0.255. The molecule has 2 amide bonds. The minimum absolute atomic E-state index is 0.257. The molecule has 0 aliphatic rings. The molecule has 0 fully saturated rings. The quantitative estimate of drug-likeness (QED) is 0.645. The Hall–Kier alpha value is -3.19. The Labute approximate surface area is 168 Å². The lowest BCUT2D eigenvalue weighted by molar-refractivity contribution is -0.118. The Morgan fingerprint density at radius 2 is 1.86 bits per heavy atom. The van der Waals surface area contributed by atoms with Gasteiger partial charge in [-0.25, -0.2) is 4.98 Å². The van der Waals surface area contributed by atoms with Crippen molar-refractivity contribution in [2.24, 2.45) is 0 Å². The number of amides is 2. The molecule has 1 atom stereocenters. The first-order valence-corrected chi connectivity index (χ1v) is 9.73. The van der Waals surface area contributed by atoms with Gasteiger partial charge in [0.05, 0.1) is 16.8 Å². The Morgan fingerprint density at radius 3 is 2.46 bits per heavy atom. The van der Waals surface area contributed by atoms with Crippen LogP contribution in [0.3, 0.4) is 0 Å². The van der Waals surface area contributed by atoms with Crippen molar-refractivity contribution in [1.82, 2.24) is 10.3 Å². The van der Waals surface area contributed by atoms with Crippen molar-refractivity contribution in [3.63, 3.8) is 0 Å². The molecule has 0 spiro atoms. The van der Waals surface area contributed by atoms with Crippen molar-refractivity contribution < 1.29 is 9.59 Å². The van der Waals surface area contributed by atoms with Gasteiger partial charge in [-0.15, -0.1) is 11.3 Å². The lowest BCUT2D eigenvalue weighted by Crippen LogP contribution is -2.45. The molecular formula is C21H22N4O2S. The third-order valence-corrected chi connectivity index (χ3v) is 4.99. The summed E-state index contributed by atoms with van der Waals surface area (Å²) >= 11 is 1.34. The summed E-state index contributed by atoms with van der Waals surface area (Å²) in [7, 11) is 3.80. The first-order chi connectivity index (χ1) is 13.5. The molecule has 7 heteroatoms. The van der Waals surface area contributed by atoms with E-state index in [1.165, 1.54) is 11.3 Å². The number of rotatable bonds is 7. The molecule has 0 bridgehead atoms. The number of nitrogens with zero attached hydrogens (tertiary/aromatic N) is 2. The number of hydrogen-bond donors (Lipinski definition) is 2. The summed E-state index contributed by atoms with van der Waals surface area (Å²) in [5.41, 5.74) is 1.55. The number of carbonyl (C=O) groups excluding carboxylic acids is 2. The van der Waals surface area contributed by atoms with Crippen LogP contribution in [-0.4, -0.2) is 36.9 Å². The second-order valence-electron chi connectivity index (χ2n) is 6.48. The maximum absolute atomic E-state index is 12.9. The first kappa shape index (κ1) is 19.6. The van der Waals surface area contributed by atoms with Crippen LogP contribution in [0.15, 0.2) is 66.2 Å². The van der Waals surface area contributed by atoms with Crippen LogP contribution in [0.1, 0.15) is 15.2 Å². The monoisotopic (exact) mass is 394 g/mol. The van der Waals surface area contributed by atoms with Gasteiger partial charge in [-0.05, 0) is 29.1 Å². The third-order valence-electron chi connectivity index (χ3n) is 4.12. The Balaban J connectivity index is 1.74. The molecule has 144 valence electrons. The summed E-state index contributed by atoms with van der Waals surface area (Å²) in [6, 6.07) is 16.1. The molecule has 3 rings (SSSR count). The third kappa shape index (κ3) is 5.17. The Bertz CT molecular complexity index is 909. The van der Waals surface area contributed by atoms with Gasteiger partial charge in [0.15, 0.2) is 0 Å². The maximum Gasteiger partial charge on any atom is 0.262 e. The average molecular weight is 395 g/mol. The minimum atomic E-state index is -0.703. The van der Waals surface area contributed by atoms with Crippen molar-refractivity contribution >= 4 is 34.7 Å². The van der Waals surface area contributed by atoms with E-state index in [0.717, 1.165) is 11.4 Å². The smallest absolute Gasteiger partial charge is 0.262 e. The summed E-state index contributed by atoms with van der Waals surface area (Å²) in [6.07, 6.45) is 2.00. The lowest BCUT2D eigenvalue weighted by atomic mass is 10.0. The number of nitrogens with one attached hydrogen (secondary N) is 2. The zero-order chi connectivity index (χ0) is 19.9. The highest BCUT2D eigenvalue weighted by atomic mass is 32.1. The van der Waals surface area contributed by atoms with Gasteiger partial charge < -0.3 is 15.5 Å². The molecule has 1 unspecified atom stereocenters. The highest BCUT2D eigenvalue weighted by Crippen LogP contribution is 2.14. The molecule has 2 heterocycles. The number of benzene rings is 1. The number of pyridine rings is 1. The van der Waals surface area contributed by atoms with E-state index >= 15 is 0 Å². The van der Waals surface area contributed by atoms with Crippen LogP contribution < -0.4 is 15.5 Å². The van der Waals surface area contributed by atoms with Gasteiger partial charge in [-0.1, -0.05) is 36.4 Å². The van der Waals surface area contributed by atoms with E-state index in [2.05, 4.69) is 15.6 Å². The van der Waals surface area contributed by atoms with Gasteiger partial charge in [-0.2, -0.15) is 0 Å². The van der Waals surface area contributed by atoms with Crippen LogP contribution in [0.5, 0.6) is 0 Å². The summed E-state index contributed by atoms with van der Waals surface area (Å²) in [5, 5.41) is 7.53. The van der Waals surface area contributed by atoms with Gasteiger partial charge >= 0.3 is 0 Å². The molecule has 0 radical (unpaired) electrons. The molecule has 2 aromatic heterocycles. The van der Waals surface area contributed by atoms with Crippen LogP contribution in [0, 0.1) is 0 Å². The van der Waals surface area contributed by atoms with Gasteiger partial charge in [-0.3, -0.25) is 9.59 Å². The fraction of sp³-hybridized carbons (Fsp3) is 0.190. The van der Waals surface area contributed by atoms with Gasteiger partial charge in [0.2, 0.25) is 5.91 Å². The van der Waals surface area contributed by atoms with Crippen molar-refractivity contribution in [1.29, 1.82) is 0 Å². The largest absolute Gasteiger partial charge is 0.363 e. The minimum Gasteiger partial charge on any atom is -0.363 e. The van der Waals surface area contributed by atoms with Crippen LogP contribution in [-0.2, 0) is 11.2 Å². The van der Waals surface area contributed by atoms with Crippen LogP contribution in [0.4, 0.5) is 11.5 Å². The zero-order valence-corrected chi connectivity index (χ0v) is 16.6. The highest BCUT2D eigenvalue weighted by molar-refractivity contribution is 7.12. The standard InChI is InChI=1S/C21H22N4O2S/c1-25(2)19-11-10-16(14-22-19)23-20(26)17(13-15-7-4-3-5-8-15)24-21(27)18-9-6-12-28-18/h3-12,14,17H,13H2,1-2H3,(H,23,26)(H,24,27). The number of carbonyl (C=O) groups is 2. The van der Waals surface area contributed by atoms with Crippen molar-refractivity contribution in [3.8, 4) is 0 Å². The van der Waals surface area contributed by atoms with E-state index < -0.39 is 6.04 Å². The van der Waals surface area contributed by atoms with E-state index in [4.69, 9.17) is 0 Å². The predicted octanol–water partition coefficient (Wildman–Crippen LogP) is 3.19. The molecule has 2 N–H and O–H groups in total. The first-order valence-electron chi connectivity index (χ1n) is 8.85. The van der Waals surface area contributed by atoms with E-state index in [1.807, 2.05) is 66.8 Å². The van der Waals surface area contributed by atoms with Gasteiger partial charge in [0.1, 0.15) is 11.9 Å². The molecular weight excluding hydrogens is 372 g/mol. The maximum atomic E-state index is 12.9. The van der Waals surface area contributed by atoms with E-state index in [0.29, 0.717) is 17.0 Å². The summed E-state index contributed by atoms with van der Waals surface area (Å²) < 4.78 is 0. The average Bonchev–Trinajstić information content (AvgIpc) is 3.23. The van der Waals surface area contributed by atoms with Crippen LogP contribution >= 0.6 is 11.3 Å². The van der Waals surface area contributed by atoms with Crippen molar-refractivity contribution in [3.05, 3.63) is 76.6 Å². The molecule has 0 saturated carbocycles. The molecule has 28 heavy (non-hydrogen) atoms. The molecule has 1 aromatic carbocycles. The Morgan fingerprint density at radius 1 is 1.07 bits per heavy atom. The summed E-state index contributed by atoms with van der Waals surface area (Å²) in [6.45, 7) is 0. The fourth-order valence-corrected chi connectivity index (χ4v) is 3.28. The molecule has 3 aromatic rings. The second kappa shape index (κ2) is 9.14. The molecule has 0 aliphatic heterocycles. The number of thiophene rings is 1. The molecule has 6 nitrogen and oxygen atoms in total. The number of anilines is 2. The normalized spacial score (nSPS) is 11.5. The van der Waals surface area contributed by atoms with Crippen molar-refractivity contribution in [2.45, 2.75) is 12.5 Å². The van der Waals surface area contributed by atoms with Crippen molar-refractivity contribution in [2.75, 3.05) is 24.3 Å². The number of hydrogen-bond acceptors (Lipinski definition) is 5. The SMILES string of the molecule is CN(C)c1ccc(NC(=O)C(Cc2ccccc2)NC(=O)c2cccs2)cn1. The van der Waals surface area contributed by atoms with Crippen LogP contribution in [0.25, 0.3) is 0 Å². The second-order valence-corrected chi connectivity index (χ2v) is 7.43. The van der Waals surface area contributed by atoms with Gasteiger partial charge in [0, 0.05) is 20.5 Å². The number of aromatic nitrogens is 1. The molecule has 0 saturated heterocycles. The van der Waals surface area contributed by atoms with Gasteiger partial charge in [0.25, 0.3) is 5.91 Å². The van der Waals surface area contributed by atoms with E-state index in [-0.39, 0.29) is 11.8 Å². The lowest BCUT2D eigenvalue weighted by Gasteiger charge is -2.19. The summed E-state index contributed by atoms with van der Waals surface area (Å²) in [4.78, 5) is 32.1. The highest BCUT2D eigenvalue weighted by Gasteiger charge is 2.22. The molecule has 0 aliphatic carbocycles. The van der Waals surface area contributed by atoms with Crippen LogP contribution in [0.2, 0.25) is 0 Å². The zero-order valence-electron chi connectivity index (χ0n) is 15.8. The topological polar surface area (TPSA) is 74.3 Å². The Kier molecular flexibility index (Phi) is 6.39. The van der Waals surface area contributed by atoms with E-state index in [9.17, 15) is 9.59 Å². The van der Waals surface area contributed by atoms with E-state index in [1.54, 1.807) is 18.3 Å².